The van der Waals surface area contributed by atoms with Crippen molar-refractivity contribution in [3.63, 3.8) is 0 Å². The Morgan fingerprint density at radius 2 is 0.728 bits per heavy atom. The average Bonchev–Trinajstić information content (AvgIpc) is 3.50. The van der Waals surface area contributed by atoms with Crippen LogP contribution in [0, 0.1) is 20.8 Å². The third kappa shape index (κ3) is 30.0. The zero-order valence-electron chi connectivity index (χ0n) is 51.8. The fourth-order valence-electron chi connectivity index (χ4n) is 7.20. The highest BCUT2D eigenvalue weighted by Gasteiger charge is 2.17. The Hall–Kier alpha value is -8.32. The molecule has 8 aromatic rings. The van der Waals surface area contributed by atoms with Gasteiger partial charge in [-0.25, -0.2) is 0 Å². The van der Waals surface area contributed by atoms with E-state index in [0.717, 1.165) is 6.42 Å². The maximum atomic E-state index is 3.74. The van der Waals surface area contributed by atoms with Gasteiger partial charge in [-0.2, -0.15) is 0 Å². The molecule has 0 atom stereocenters. The fourth-order valence-corrected chi connectivity index (χ4v) is 7.20. The molecule has 81 heavy (non-hydrogen) atoms. The van der Waals surface area contributed by atoms with Crippen molar-refractivity contribution in [1.82, 2.24) is 0 Å². The lowest BCUT2D eigenvalue weighted by atomic mass is 9.82. The topological polar surface area (TPSA) is 0 Å². The molecule has 0 N–H and O–H groups in total. The van der Waals surface area contributed by atoms with Gasteiger partial charge < -0.3 is 0 Å². The number of rotatable bonds is 12. The van der Waals surface area contributed by atoms with Crippen molar-refractivity contribution < 1.29 is 0 Å². The molecular formula is C81H98. The fraction of sp³-hybridized carbons (Fsp3) is 0.210. The zero-order chi connectivity index (χ0) is 60.6. The summed E-state index contributed by atoms with van der Waals surface area (Å²) >= 11 is 0. The van der Waals surface area contributed by atoms with Crippen molar-refractivity contribution in [1.29, 1.82) is 0 Å². The highest BCUT2D eigenvalue weighted by atomic mass is 14.2. The van der Waals surface area contributed by atoms with Crippen LogP contribution < -0.4 is 0 Å². The standard InChI is InChI=1S/C13H18.C12H16.C11H14.C10H12.3C9H10.C8H8/c1-5-11-7-9-12(10-8-11)13(3,4)6-2;1-5-10-6-8-11(9-7-10)12(2,3)4;1-4-10-5-7-11(8-6-10)9(2)3;1-3-9-5-7-10(4-2)8-6-9;1-3-9-6-4-8(2)5-7-9;1-3-9-6-4-5-8(2)7-9;1-3-9-7-5-4-6-8(9)2;1-2-8-6-4-3-5-7-8/h5,7-10H,1,6H2,2-4H3;5-9H,1H2,2-4H3;4-9H,1H2,2-3H3;3,5-8H,1,4H2,2H3;3*3-7H,1H2,2H3;2-7H,1H2. The molecule has 8 rings (SSSR count). The zero-order valence-corrected chi connectivity index (χ0v) is 51.8. The summed E-state index contributed by atoms with van der Waals surface area (Å²) in [6.07, 6.45) is 17.2. The molecule has 8 aromatic carbocycles. The lowest BCUT2D eigenvalue weighted by molar-refractivity contribution is 0.506. The first-order valence-electron chi connectivity index (χ1n) is 28.3. The molecule has 0 aliphatic rings. The lowest BCUT2D eigenvalue weighted by Crippen LogP contribution is -2.14. The smallest absolute Gasteiger partial charge is 0.0106 e. The van der Waals surface area contributed by atoms with Crippen molar-refractivity contribution in [2.75, 3.05) is 0 Å². The van der Waals surface area contributed by atoms with Crippen LogP contribution in [0.25, 0.3) is 48.6 Å². The molecule has 0 aromatic heterocycles. The Kier molecular flexibility index (Phi) is 34.9. The molecule has 0 fully saturated rings. The van der Waals surface area contributed by atoms with Crippen LogP contribution in [0.2, 0.25) is 0 Å². The number of hydrogen-bond donors (Lipinski definition) is 0. The summed E-state index contributed by atoms with van der Waals surface area (Å²) in [7, 11) is 0. The summed E-state index contributed by atoms with van der Waals surface area (Å²) in [5.41, 5.74) is 19.5. The summed E-state index contributed by atoms with van der Waals surface area (Å²) in [4.78, 5) is 0. The van der Waals surface area contributed by atoms with Crippen molar-refractivity contribution in [2.24, 2.45) is 0 Å². The van der Waals surface area contributed by atoms with Gasteiger partial charge in [-0.3, -0.25) is 0 Å². The lowest BCUT2D eigenvalue weighted by Gasteiger charge is -2.23. The molecule has 0 spiro atoms. The van der Waals surface area contributed by atoms with E-state index in [0.29, 0.717) is 11.3 Å². The van der Waals surface area contributed by atoms with Crippen molar-refractivity contribution >= 4 is 48.6 Å². The molecule has 0 amide bonds. The van der Waals surface area contributed by atoms with Crippen LogP contribution in [-0.2, 0) is 17.3 Å². The monoisotopic (exact) mass is 1070 g/mol. The Bertz CT molecular complexity index is 3020. The summed E-state index contributed by atoms with van der Waals surface area (Å²) in [5.74, 6) is 0.619. The van der Waals surface area contributed by atoms with E-state index in [1.165, 1.54) is 89.9 Å². The van der Waals surface area contributed by atoms with Gasteiger partial charge in [-0.15, -0.1) is 0 Å². The summed E-state index contributed by atoms with van der Waals surface area (Å²) in [6, 6.07) is 68.9. The average molecular weight is 1070 g/mol. The quantitative estimate of drug-likeness (QED) is 0.114. The number of aryl methyl sites for hydroxylation is 4. The Morgan fingerprint density at radius 3 is 1.06 bits per heavy atom. The van der Waals surface area contributed by atoms with E-state index >= 15 is 0 Å². The second-order valence-corrected chi connectivity index (χ2v) is 21.4. The van der Waals surface area contributed by atoms with Crippen LogP contribution in [0.3, 0.4) is 0 Å². The highest BCUT2D eigenvalue weighted by molar-refractivity contribution is 5.53. The van der Waals surface area contributed by atoms with E-state index in [-0.39, 0.29) is 5.41 Å². The molecule has 422 valence electrons. The summed E-state index contributed by atoms with van der Waals surface area (Å²) in [6.45, 7) is 55.7. The Morgan fingerprint density at radius 1 is 0.358 bits per heavy atom. The second-order valence-electron chi connectivity index (χ2n) is 21.4. The molecule has 0 unspecified atom stereocenters. The molecule has 0 saturated heterocycles. The molecule has 0 aliphatic heterocycles. The number of hydrogen-bond acceptors (Lipinski definition) is 0. The Labute approximate surface area is 494 Å². The summed E-state index contributed by atoms with van der Waals surface area (Å²) < 4.78 is 0. The van der Waals surface area contributed by atoms with Gasteiger partial charge in [0.15, 0.2) is 0 Å². The molecule has 0 heterocycles. The van der Waals surface area contributed by atoms with Gasteiger partial charge in [-0.1, -0.05) is 375 Å². The van der Waals surface area contributed by atoms with Gasteiger partial charge in [0.05, 0.1) is 0 Å². The van der Waals surface area contributed by atoms with Gasteiger partial charge in [0.1, 0.15) is 0 Å². The second kappa shape index (κ2) is 39.9. The Balaban J connectivity index is 0.000000465. The first-order valence-corrected chi connectivity index (χ1v) is 28.3. The first kappa shape index (κ1) is 70.7. The van der Waals surface area contributed by atoms with E-state index in [9.17, 15) is 0 Å². The van der Waals surface area contributed by atoms with E-state index in [2.05, 4.69) is 281 Å². The highest BCUT2D eigenvalue weighted by Crippen LogP contribution is 2.27. The van der Waals surface area contributed by atoms with E-state index in [1.807, 2.05) is 103 Å². The minimum absolute atomic E-state index is 0.250. The van der Waals surface area contributed by atoms with Crippen LogP contribution in [0.5, 0.6) is 0 Å². The first-order chi connectivity index (χ1) is 38.7. The number of benzene rings is 8. The van der Waals surface area contributed by atoms with Crippen LogP contribution in [0.1, 0.15) is 158 Å². The molecule has 0 bridgehead atoms. The molecule has 0 heteroatoms. The van der Waals surface area contributed by atoms with Gasteiger partial charge in [0.2, 0.25) is 0 Å². The van der Waals surface area contributed by atoms with Crippen molar-refractivity contribution in [2.45, 2.75) is 113 Å². The maximum Gasteiger partial charge on any atom is -0.0106 e. The van der Waals surface area contributed by atoms with Crippen LogP contribution in [-0.4, -0.2) is 0 Å². The predicted molar refractivity (Wildman–Crippen MR) is 372 cm³/mol. The van der Waals surface area contributed by atoms with E-state index < -0.39 is 0 Å². The van der Waals surface area contributed by atoms with Gasteiger partial charge in [-0.05, 0) is 123 Å². The SMILES string of the molecule is C=Cc1ccc(C(C)(C)C)cc1.C=Cc1ccc(C(C)(C)CC)cc1.C=Cc1ccc(C(C)C)cc1.C=Cc1ccc(C)cc1.C=Cc1ccc(CC)cc1.C=Cc1cccc(C)c1.C=Cc1ccccc1.C=Cc1ccccc1C. The predicted octanol–water partition coefficient (Wildman–Crippen LogP) is 24.2. The maximum absolute atomic E-state index is 3.74. The van der Waals surface area contributed by atoms with Crippen LogP contribution in [0.15, 0.2) is 253 Å². The molecule has 0 saturated carbocycles. The van der Waals surface area contributed by atoms with Gasteiger partial charge >= 0.3 is 0 Å². The third-order valence-electron chi connectivity index (χ3n) is 13.3. The van der Waals surface area contributed by atoms with Crippen molar-refractivity contribution in [3.8, 4) is 0 Å². The minimum atomic E-state index is 0.250. The minimum Gasteiger partial charge on any atom is -0.0985 e. The normalized spacial score (nSPS) is 9.84. The van der Waals surface area contributed by atoms with E-state index in [1.54, 1.807) is 0 Å². The van der Waals surface area contributed by atoms with Crippen LogP contribution >= 0.6 is 0 Å². The van der Waals surface area contributed by atoms with E-state index in [4.69, 9.17) is 0 Å². The molecule has 0 radical (unpaired) electrons. The molecule has 0 nitrogen and oxygen atoms in total. The van der Waals surface area contributed by atoms with Gasteiger partial charge in [0, 0.05) is 0 Å². The molecular weight excluding hydrogens is 973 g/mol. The van der Waals surface area contributed by atoms with Crippen molar-refractivity contribution in [3.05, 3.63) is 336 Å². The summed E-state index contributed by atoms with van der Waals surface area (Å²) in [5, 5.41) is 0. The van der Waals surface area contributed by atoms with Crippen LogP contribution in [0.4, 0.5) is 0 Å². The third-order valence-corrected chi connectivity index (χ3v) is 13.3. The molecule has 0 aliphatic carbocycles. The van der Waals surface area contributed by atoms with Gasteiger partial charge in [0.25, 0.3) is 0 Å². The largest absolute Gasteiger partial charge is 0.0985 e.